The number of ether oxygens (including phenoxy) is 1. The molecule has 0 saturated heterocycles. The molecule has 0 aromatic carbocycles. The van der Waals surface area contributed by atoms with Crippen LogP contribution in [0.3, 0.4) is 0 Å². The molecule has 0 bridgehead atoms. The normalized spacial score (nSPS) is 10.2. The standard InChI is InChI=1S/C12H22N6O2/c1-4-14-9-7-10(17-12(13)16-9)18(2)8-11(19)15-5-6-20-3/h7H,4-6,8H2,1-3H3,(H,15,19)(H3,13,14,16,17). The maximum Gasteiger partial charge on any atom is 0.239 e. The second kappa shape index (κ2) is 8.16. The number of rotatable bonds is 8. The van der Waals surface area contributed by atoms with Crippen molar-refractivity contribution in [3.63, 3.8) is 0 Å². The fourth-order valence-corrected chi connectivity index (χ4v) is 1.56. The Morgan fingerprint density at radius 3 is 2.90 bits per heavy atom. The van der Waals surface area contributed by atoms with Crippen molar-refractivity contribution >= 4 is 23.5 Å². The van der Waals surface area contributed by atoms with Crippen LogP contribution in [0.15, 0.2) is 6.07 Å². The molecule has 0 aliphatic rings. The van der Waals surface area contributed by atoms with Gasteiger partial charge in [-0.15, -0.1) is 0 Å². The zero-order valence-corrected chi connectivity index (χ0v) is 12.1. The van der Waals surface area contributed by atoms with Crippen LogP contribution in [0.2, 0.25) is 0 Å². The smallest absolute Gasteiger partial charge is 0.239 e. The van der Waals surface area contributed by atoms with Crippen LogP contribution < -0.4 is 21.3 Å². The first-order chi connectivity index (χ1) is 9.56. The molecule has 1 amide bonds. The van der Waals surface area contributed by atoms with E-state index in [1.54, 1.807) is 25.1 Å². The molecule has 4 N–H and O–H groups in total. The van der Waals surface area contributed by atoms with Gasteiger partial charge >= 0.3 is 0 Å². The molecule has 0 aliphatic carbocycles. The van der Waals surface area contributed by atoms with Crippen LogP contribution >= 0.6 is 0 Å². The molecule has 112 valence electrons. The van der Waals surface area contributed by atoms with E-state index >= 15 is 0 Å². The number of hydrogen-bond donors (Lipinski definition) is 3. The largest absolute Gasteiger partial charge is 0.383 e. The molecule has 0 spiro atoms. The Bertz CT molecular complexity index is 440. The molecule has 8 heteroatoms. The molecule has 1 aromatic rings. The quantitative estimate of drug-likeness (QED) is 0.562. The second-order valence-corrected chi connectivity index (χ2v) is 4.20. The number of aromatic nitrogens is 2. The van der Waals surface area contributed by atoms with Gasteiger partial charge in [0.1, 0.15) is 11.6 Å². The van der Waals surface area contributed by atoms with Crippen LogP contribution in [0.1, 0.15) is 6.92 Å². The molecule has 0 unspecified atom stereocenters. The van der Waals surface area contributed by atoms with Crippen molar-refractivity contribution < 1.29 is 9.53 Å². The minimum absolute atomic E-state index is 0.105. The average molecular weight is 282 g/mol. The van der Waals surface area contributed by atoms with Gasteiger partial charge < -0.3 is 26.0 Å². The van der Waals surface area contributed by atoms with E-state index in [1.807, 2.05) is 6.92 Å². The van der Waals surface area contributed by atoms with Crippen molar-refractivity contribution in [2.75, 3.05) is 56.3 Å². The minimum Gasteiger partial charge on any atom is -0.383 e. The summed E-state index contributed by atoms with van der Waals surface area (Å²) in [6.45, 7) is 3.85. The summed E-state index contributed by atoms with van der Waals surface area (Å²) in [5.41, 5.74) is 5.65. The van der Waals surface area contributed by atoms with E-state index in [2.05, 4.69) is 20.6 Å². The van der Waals surface area contributed by atoms with Crippen LogP contribution in [0.5, 0.6) is 0 Å². The van der Waals surface area contributed by atoms with Gasteiger partial charge in [0.2, 0.25) is 11.9 Å². The third kappa shape index (κ3) is 5.27. The average Bonchev–Trinajstić information content (AvgIpc) is 2.38. The molecule has 0 radical (unpaired) electrons. The zero-order chi connectivity index (χ0) is 15.0. The molecule has 8 nitrogen and oxygen atoms in total. The molecular weight excluding hydrogens is 260 g/mol. The Labute approximate surface area is 118 Å². The van der Waals surface area contributed by atoms with Gasteiger partial charge in [0, 0.05) is 33.3 Å². The van der Waals surface area contributed by atoms with E-state index in [0.29, 0.717) is 24.8 Å². The number of methoxy groups -OCH3 is 1. The highest BCUT2D eigenvalue weighted by atomic mass is 16.5. The lowest BCUT2D eigenvalue weighted by atomic mass is 10.4. The Kier molecular flexibility index (Phi) is 6.51. The number of nitrogen functional groups attached to an aromatic ring is 1. The Morgan fingerprint density at radius 1 is 1.50 bits per heavy atom. The fourth-order valence-electron chi connectivity index (χ4n) is 1.56. The van der Waals surface area contributed by atoms with E-state index in [9.17, 15) is 4.79 Å². The Balaban J connectivity index is 2.62. The molecular formula is C12H22N6O2. The van der Waals surface area contributed by atoms with Crippen molar-refractivity contribution in [2.45, 2.75) is 6.92 Å². The zero-order valence-electron chi connectivity index (χ0n) is 12.1. The number of anilines is 3. The van der Waals surface area contributed by atoms with Crippen molar-refractivity contribution in [2.24, 2.45) is 0 Å². The van der Waals surface area contributed by atoms with Gasteiger partial charge in [-0.25, -0.2) is 0 Å². The predicted octanol–water partition coefficient (Wildman–Crippen LogP) is -0.311. The van der Waals surface area contributed by atoms with Gasteiger partial charge in [0.05, 0.1) is 13.2 Å². The highest BCUT2D eigenvalue weighted by Crippen LogP contribution is 2.15. The van der Waals surface area contributed by atoms with Gasteiger partial charge in [-0.2, -0.15) is 9.97 Å². The minimum atomic E-state index is -0.105. The molecule has 0 atom stereocenters. The van der Waals surface area contributed by atoms with Gasteiger partial charge in [-0.3, -0.25) is 4.79 Å². The van der Waals surface area contributed by atoms with Gasteiger partial charge in [0.25, 0.3) is 0 Å². The first-order valence-corrected chi connectivity index (χ1v) is 6.42. The molecule has 0 saturated carbocycles. The topological polar surface area (TPSA) is 105 Å². The summed E-state index contributed by atoms with van der Waals surface area (Å²) in [6, 6.07) is 1.75. The molecule has 1 heterocycles. The maximum atomic E-state index is 11.7. The van der Waals surface area contributed by atoms with Crippen LogP contribution in [-0.2, 0) is 9.53 Å². The van der Waals surface area contributed by atoms with Crippen LogP contribution in [0.25, 0.3) is 0 Å². The molecule has 0 aliphatic heterocycles. The van der Waals surface area contributed by atoms with E-state index in [0.717, 1.165) is 6.54 Å². The maximum absolute atomic E-state index is 11.7. The Hall–Kier alpha value is -2.09. The van der Waals surface area contributed by atoms with E-state index in [-0.39, 0.29) is 18.4 Å². The van der Waals surface area contributed by atoms with E-state index in [1.165, 1.54) is 0 Å². The highest BCUT2D eigenvalue weighted by molar-refractivity contribution is 5.81. The number of carbonyl (C=O) groups is 1. The highest BCUT2D eigenvalue weighted by Gasteiger charge is 2.10. The van der Waals surface area contributed by atoms with Gasteiger partial charge in [-0.1, -0.05) is 0 Å². The number of nitrogens with two attached hydrogens (primary N) is 1. The lowest BCUT2D eigenvalue weighted by molar-refractivity contribution is -0.119. The summed E-state index contributed by atoms with van der Waals surface area (Å²) >= 11 is 0. The van der Waals surface area contributed by atoms with E-state index < -0.39 is 0 Å². The van der Waals surface area contributed by atoms with Crippen molar-refractivity contribution in [1.29, 1.82) is 0 Å². The molecule has 1 aromatic heterocycles. The molecule has 0 fully saturated rings. The summed E-state index contributed by atoms with van der Waals surface area (Å²) in [6.07, 6.45) is 0. The monoisotopic (exact) mass is 282 g/mol. The predicted molar refractivity (Wildman–Crippen MR) is 78.8 cm³/mol. The van der Waals surface area contributed by atoms with Crippen LogP contribution in [-0.4, -0.2) is 56.3 Å². The third-order valence-electron chi connectivity index (χ3n) is 2.49. The lowest BCUT2D eigenvalue weighted by Gasteiger charge is -2.18. The summed E-state index contributed by atoms with van der Waals surface area (Å²) in [7, 11) is 3.36. The van der Waals surface area contributed by atoms with Crippen LogP contribution in [0, 0.1) is 0 Å². The first kappa shape index (κ1) is 16.0. The third-order valence-corrected chi connectivity index (χ3v) is 2.49. The fraction of sp³-hybridized carbons (Fsp3) is 0.583. The number of likely N-dealkylation sites (N-methyl/N-ethyl adjacent to an activating group) is 1. The number of hydrogen-bond acceptors (Lipinski definition) is 7. The van der Waals surface area contributed by atoms with Crippen LogP contribution in [0.4, 0.5) is 17.6 Å². The summed E-state index contributed by atoms with van der Waals surface area (Å²) in [4.78, 5) is 21.6. The summed E-state index contributed by atoms with van der Waals surface area (Å²) < 4.78 is 4.87. The summed E-state index contributed by atoms with van der Waals surface area (Å²) in [5.74, 6) is 1.30. The molecule has 20 heavy (non-hydrogen) atoms. The van der Waals surface area contributed by atoms with Crippen molar-refractivity contribution in [3.05, 3.63) is 6.07 Å². The van der Waals surface area contributed by atoms with Gasteiger partial charge in [-0.05, 0) is 6.92 Å². The Morgan fingerprint density at radius 2 is 2.25 bits per heavy atom. The number of carbonyl (C=O) groups excluding carboxylic acids is 1. The van der Waals surface area contributed by atoms with Gasteiger partial charge in [0.15, 0.2) is 0 Å². The number of nitrogens with one attached hydrogen (secondary N) is 2. The lowest BCUT2D eigenvalue weighted by Crippen LogP contribution is -2.37. The first-order valence-electron chi connectivity index (χ1n) is 6.42. The van der Waals surface area contributed by atoms with Crippen molar-refractivity contribution in [1.82, 2.24) is 15.3 Å². The van der Waals surface area contributed by atoms with E-state index in [4.69, 9.17) is 10.5 Å². The van der Waals surface area contributed by atoms with Crippen molar-refractivity contribution in [3.8, 4) is 0 Å². The summed E-state index contributed by atoms with van der Waals surface area (Å²) in [5, 5.41) is 5.81. The number of nitrogens with zero attached hydrogens (tertiary/aromatic N) is 3. The number of amides is 1. The SMILES string of the molecule is CCNc1cc(N(C)CC(=O)NCCOC)nc(N)n1. The molecule has 1 rings (SSSR count). The second-order valence-electron chi connectivity index (χ2n) is 4.20.